The Labute approximate surface area is 290 Å². The van der Waals surface area contributed by atoms with E-state index in [0.29, 0.717) is 55.1 Å². The molecule has 9 rings (SSSR count). The fourth-order valence-corrected chi connectivity index (χ4v) is 10.4. The molecular formula is C35H37ClF3N7O2S. The zero-order valence-electron chi connectivity index (χ0n) is 26.9. The number of fused-ring (bicyclic) bond motifs is 5. The van der Waals surface area contributed by atoms with Crippen LogP contribution in [0.5, 0.6) is 6.01 Å². The Hall–Kier alpha value is -3.23. The lowest BCUT2D eigenvalue weighted by molar-refractivity contribution is 0.0308. The summed E-state index contributed by atoms with van der Waals surface area (Å²) in [4.78, 5) is 18.5. The SMILES string of the molecule is Nc1nc2c(-c3c(Cl)cc4c(N5C[C@@H]6CC[C@](C7CCOCC7)(C5)N6)nc(OC[C@@]56CCCN5C/C(=C\F)C6)nc4c3F)ccc(F)c2s1. The van der Waals surface area contributed by atoms with Crippen LogP contribution in [0.25, 0.3) is 32.2 Å². The van der Waals surface area contributed by atoms with E-state index in [1.165, 1.54) is 12.1 Å². The quantitative estimate of drug-likeness (QED) is 0.228. The highest BCUT2D eigenvalue weighted by atomic mass is 35.5. The van der Waals surface area contributed by atoms with Crippen LogP contribution in [0.2, 0.25) is 5.02 Å². The molecule has 0 aliphatic carbocycles. The topological polar surface area (TPSA) is 102 Å². The Bertz CT molecular complexity index is 2010. The molecular weight excluding hydrogens is 675 g/mol. The monoisotopic (exact) mass is 711 g/mol. The Balaban J connectivity index is 1.17. The number of halogens is 4. The predicted octanol–water partition coefficient (Wildman–Crippen LogP) is 6.63. The number of anilines is 2. The molecule has 49 heavy (non-hydrogen) atoms. The van der Waals surface area contributed by atoms with Gasteiger partial charge < -0.3 is 25.4 Å². The van der Waals surface area contributed by atoms with E-state index in [0.717, 1.165) is 75.2 Å². The smallest absolute Gasteiger partial charge is 0.319 e. The van der Waals surface area contributed by atoms with Gasteiger partial charge in [0.1, 0.15) is 23.8 Å². The van der Waals surface area contributed by atoms with E-state index in [1.807, 2.05) is 0 Å². The van der Waals surface area contributed by atoms with Gasteiger partial charge in [-0.2, -0.15) is 9.97 Å². The van der Waals surface area contributed by atoms with E-state index < -0.39 is 11.6 Å². The normalized spacial score (nSPS) is 28.4. The lowest BCUT2D eigenvalue weighted by Crippen LogP contribution is -2.63. The van der Waals surface area contributed by atoms with Crippen molar-refractivity contribution in [3.05, 3.63) is 46.8 Å². The van der Waals surface area contributed by atoms with Crippen LogP contribution in [-0.2, 0) is 4.74 Å². The molecule has 5 saturated heterocycles. The van der Waals surface area contributed by atoms with Gasteiger partial charge in [-0.1, -0.05) is 22.9 Å². The molecule has 14 heteroatoms. The molecule has 5 aliphatic heterocycles. The van der Waals surface area contributed by atoms with Crippen LogP contribution < -0.4 is 20.7 Å². The number of piperazine rings is 1. The van der Waals surface area contributed by atoms with Gasteiger partial charge in [0.05, 0.1) is 27.1 Å². The van der Waals surface area contributed by atoms with Crippen LogP contribution in [0.3, 0.4) is 0 Å². The average Bonchev–Trinajstić information content (AvgIpc) is 3.86. The summed E-state index contributed by atoms with van der Waals surface area (Å²) in [7, 11) is 0. The fourth-order valence-electron chi connectivity index (χ4n) is 9.34. The number of thiazole rings is 1. The second-order valence-electron chi connectivity index (χ2n) is 14.4. The van der Waals surface area contributed by atoms with Crippen molar-refractivity contribution in [3.8, 4) is 17.1 Å². The van der Waals surface area contributed by atoms with Crippen LogP contribution >= 0.6 is 22.9 Å². The van der Waals surface area contributed by atoms with Crippen molar-refractivity contribution in [2.45, 2.75) is 62.1 Å². The molecule has 2 bridgehead atoms. The number of nitrogens with two attached hydrogens (primary N) is 1. The number of benzene rings is 2. The van der Waals surface area contributed by atoms with Gasteiger partial charge in [-0.25, -0.2) is 18.2 Å². The lowest BCUT2D eigenvalue weighted by Gasteiger charge is -2.47. The number of nitrogens with one attached hydrogen (secondary N) is 1. The summed E-state index contributed by atoms with van der Waals surface area (Å²) in [5, 5.41) is 4.73. The maximum atomic E-state index is 17.1. The molecule has 3 N–H and O–H groups in total. The van der Waals surface area contributed by atoms with Crippen molar-refractivity contribution in [2.75, 3.05) is 56.6 Å². The Morgan fingerprint density at radius 1 is 1.14 bits per heavy atom. The molecule has 0 amide bonds. The number of nitrogen functional groups attached to an aromatic ring is 1. The molecule has 5 fully saturated rings. The molecule has 0 radical (unpaired) electrons. The van der Waals surface area contributed by atoms with Crippen molar-refractivity contribution in [1.82, 2.24) is 25.2 Å². The molecule has 0 unspecified atom stereocenters. The summed E-state index contributed by atoms with van der Waals surface area (Å²) in [5.74, 6) is -0.146. The highest BCUT2D eigenvalue weighted by molar-refractivity contribution is 7.22. The van der Waals surface area contributed by atoms with E-state index in [4.69, 9.17) is 31.8 Å². The third-order valence-electron chi connectivity index (χ3n) is 11.6. The van der Waals surface area contributed by atoms with Gasteiger partial charge in [0.25, 0.3) is 0 Å². The van der Waals surface area contributed by atoms with Crippen LogP contribution in [0, 0.1) is 17.6 Å². The van der Waals surface area contributed by atoms with Crippen LogP contribution in [-0.4, -0.2) is 83.0 Å². The number of nitrogens with zero attached hydrogens (tertiary/aromatic N) is 5. The number of rotatable bonds is 6. The fraction of sp³-hybridized carbons (Fsp3) is 0.514. The van der Waals surface area contributed by atoms with E-state index in [1.54, 1.807) is 6.07 Å². The Morgan fingerprint density at radius 2 is 2.00 bits per heavy atom. The molecule has 9 nitrogen and oxygen atoms in total. The van der Waals surface area contributed by atoms with Crippen LogP contribution in [0.15, 0.2) is 30.1 Å². The molecule has 0 spiro atoms. The molecule has 258 valence electrons. The van der Waals surface area contributed by atoms with Crippen molar-refractivity contribution in [1.29, 1.82) is 0 Å². The molecule has 4 aromatic rings. The summed E-state index contributed by atoms with van der Waals surface area (Å²) in [6.45, 7) is 4.57. The third kappa shape index (κ3) is 5.18. The van der Waals surface area contributed by atoms with E-state index >= 15 is 4.39 Å². The average molecular weight is 712 g/mol. The van der Waals surface area contributed by atoms with Crippen molar-refractivity contribution in [3.63, 3.8) is 0 Å². The van der Waals surface area contributed by atoms with E-state index in [-0.39, 0.29) is 61.2 Å². The first kappa shape index (κ1) is 31.7. The van der Waals surface area contributed by atoms with Crippen LogP contribution in [0.1, 0.15) is 44.9 Å². The first-order chi connectivity index (χ1) is 23.8. The Morgan fingerprint density at radius 3 is 2.84 bits per heavy atom. The standard InChI is InChI=1S/C35H37ClF3N7O2S/c36-24-12-23-28(27(39)26(24)22-2-3-25(38)30-29(22)41-32(40)49-30)42-33(48-18-34-7-1-9-46(34)15-19(13-34)14-37)43-31(23)45-16-21-4-8-35(17-45,44-21)20-5-10-47-11-6-20/h2-3,12,14,20-21,44H,1,4-11,13,15-18H2,(H2,40,41)/b19-14-/t21-,34-,35+/m0/s1. The number of aromatic nitrogens is 3. The summed E-state index contributed by atoms with van der Waals surface area (Å²) in [6.07, 6.45) is 7.19. The molecule has 3 atom stereocenters. The van der Waals surface area contributed by atoms with Crippen molar-refractivity contribution in [2.24, 2.45) is 5.92 Å². The summed E-state index contributed by atoms with van der Waals surface area (Å²) < 4.78 is 57.8. The van der Waals surface area contributed by atoms with Gasteiger partial charge in [0.2, 0.25) is 0 Å². The van der Waals surface area contributed by atoms with Crippen molar-refractivity contribution >= 4 is 55.0 Å². The highest BCUT2D eigenvalue weighted by Crippen LogP contribution is 2.46. The van der Waals surface area contributed by atoms with Gasteiger partial charge in [0.15, 0.2) is 10.9 Å². The summed E-state index contributed by atoms with van der Waals surface area (Å²) in [5.41, 5.74) is 6.92. The zero-order chi connectivity index (χ0) is 33.5. The molecule has 2 aromatic heterocycles. The number of hydrogen-bond acceptors (Lipinski definition) is 10. The highest BCUT2D eigenvalue weighted by Gasteiger charge is 2.50. The maximum absolute atomic E-state index is 17.1. The number of hydrogen-bond donors (Lipinski definition) is 2. The zero-order valence-corrected chi connectivity index (χ0v) is 28.5. The van der Waals surface area contributed by atoms with Crippen molar-refractivity contribution < 1.29 is 22.6 Å². The second kappa shape index (κ2) is 11.9. The lowest BCUT2D eigenvalue weighted by atomic mass is 9.77. The largest absolute Gasteiger partial charge is 0.461 e. The predicted molar refractivity (Wildman–Crippen MR) is 185 cm³/mol. The van der Waals surface area contributed by atoms with Gasteiger partial charge in [-0.05, 0) is 81.2 Å². The maximum Gasteiger partial charge on any atom is 0.319 e. The second-order valence-corrected chi connectivity index (χ2v) is 15.8. The minimum Gasteiger partial charge on any atom is -0.461 e. The molecule has 2 aromatic carbocycles. The van der Waals surface area contributed by atoms with Gasteiger partial charge in [-0.3, -0.25) is 4.90 Å². The Kier molecular flexibility index (Phi) is 7.73. The molecule has 5 aliphatic rings. The minimum absolute atomic E-state index is 0.0572. The van der Waals surface area contributed by atoms with Crippen LogP contribution in [0.4, 0.5) is 24.1 Å². The summed E-state index contributed by atoms with van der Waals surface area (Å²) >= 11 is 7.93. The minimum atomic E-state index is -0.670. The van der Waals surface area contributed by atoms with Gasteiger partial charge in [0, 0.05) is 60.9 Å². The van der Waals surface area contributed by atoms with E-state index in [9.17, 15) is 8.78 Å². The number of ether oxygens (including phenoxy) is 2. The first-order valence-electron chi connectivity index (χ1n) is 17.1. The van der Waals surface area contributed by atoms with Gasteiger partial charge in [-0.15, -0.1) is 0 Å². The van der Waals surface area contributed by atoms with E-state index in [2.05, 4.69) is 25.1 Å². The van der Waals surface area contributed by atoms with Gasteiger partial charge >= 0.3 is 6.01 Å². The molecule has 0 saturated carbocycles. The molecule has 7 heterocycles. The first-order valence-corrected chi connectivity index (χ1v) is 18.3. The summed E-state index contributed by atoms with van der Waals surface area (Å²) in [6, 6.07) is 4.76. The third-order valence-corrected chi connectivity index (χ3v) is 12.8.